The molecule has 7 heteroatoms. The van der Waals surface area contributed by atoms with Gasteiger partial charge in [0.25, 0.3) is 11.8 Å². The molecular formula is C21H16INO5. The van der Waals surface area contributed by atoms with Crippen LogP contribution in [0.4, 0.5) is 0 Å². The molecule has 0 aliphatic carbocycles. The van der Waals surface area contributed by atoms with Crippen LogP contribution in [0.1, 0.15) is 22.8 Å². The minimum Gasteiger partial charge on any atom is -0.494 e. The molecule has 0 atom stereocenters. The molecule has 1 heterocycles. The van der Waals surface area contributed by atoms with Crippen molar-refractivity contribution in [1.29, 1.82) is 0 Å². The molecule has 1 aromatic heterocycles. The van der Waals surface area contributed by atoms with Crippen molar-refractivity contribution in [1.82, 2.24) is 5.32 Å². The maximum Gasteiger partial charge on any atom is 0.349 e. The summed E-state index contributed by atoms with van der Waals surface area (Å²) >= 11 is 2.10. The molecule has 1 N–H and O–H groups in total. The van der Waals surface area contributed by atoms with E-state index in [0.29, 0.717) is 17.6 Å². The first kappa shape index (κ1) is 19.8. The third-order valence-corrected chi connectivity index (χ3v) is 4.47. The van der Waals surface area contributed by atoms with Crippen LogP contribution in [0.3, 0.4) is 0 Å². The molecule has 2 aromatic carbocycles. The number of hydrogen-bond acceptors (Lipinski definition) is 5. The average molecular weight is 489 g/mol. The van der Waals surface area contributed by atoms with Gasteiger partial charge in [0.1, 0.15) is 16.9 Å². The number of ether oxygens (including phenoxy) is 1. The van der Waals surface area contributed by atoms with Crippen molar-refractivity contribution in [3.8, 4) is 5.75 Å². The van der Waals surface area contributed by atoms with Crippen molar-refractivity contribution in [2.45, 2.75) is 6.92 Å². The first-order valence-electron chi connectivity index (χ1n) is 8.46. The smallest absolute Gasteiger partial charge is 0.349 e. The Kier molecular flexibility index (Phi) is 6.25. The number of nitrogens with one attached hydrogen (secondary N) is 1. The van der Waals surface area contributed by atoms with Crippen LogP contribution < -0.4 is 15.7 Å². The van der Waals surface area contributed by atoms with Crippen LogP contribution in [0.2, 0.25) is 0 Å². The maximum absolute atomic E-state index is 12.3. The Bertz CT molecular complexity index is 1120. The Morgan fingerprint density at radius 1 is 1.14 bits per heavy atom. The zero-order valence-corrected chi connectivity index (χ0v) is 17.1. The summed E-state index contributed by atoms with van der Waals surface area (Å²) in [5.74, 6) is -0.714. The van der Waals surface area contributed by atoms with E-state index in [1.165, 1.54) is 12.1 Å². The molecule has 6 nitrogen and oxygen atoms in total. The summed E-state index contributed by atoms with van der Waals surface area (Å²) in [6, 6.07) is 13.8. The minimum absolute atomic E-state index is 0.225. The standard InChI is InChI=1S/C21H16INO5/c1-2-27-16-8-3-13(4-9-16)5-10-19(24)23-20(25)17-11-14-6-7-15(22)12-18(14)28-21(17)26/h3-12H,2H2,1H3,(H,23,24,25)/b10-5+. The fourth-order valence-corrected chi connectivity index (χ4v) is 2.94. The molecule has 0 bridgehead atoms. The van der Waals surface area contributed by atoms with Crippen molar-refractivity contribution in [3.05, 3.63) is 79.7 Å². The second kappa shape index (κ2) is 8.83. The zero-order valence-electron chi connectivity index (χ0n) is 14.9. The molecule has 0 saturated carbocycles. The number of imide groups is 1. The topological polar surface area (TPSA) is 85.6 Å². The molecule has 142 valence electrons. The normalized spacial score (nSPS) is 10.9. The predicted octanol–water partition coefficient (Wildman–Crippen LogP) is 3.77. The number of amides is 2. The average Bonchev–Trinajstić information content (AvgIpc) is 2.67. The summed E-state index contributed by atoms with van der Waals surface area (Å²) < 4.78 is 11.4. The molecule has 0 aliphatic rings. The van der Waals surface area contributed by atoms with E-state index < -0.39 is 17.4 Å². The van der Waals surface area contributed by atoms with E-state index in [4.69, 9.17) is 9.15 Å². The van der Waals surface area contributed by atoms with Gasteiger partial charge in [-0.1, -0.05) is 18.2 Å². The van der Waals surface area contributed by atoms with Crippen LogP contribution in [0, 0.1) is 3.57 Å². The van der Waals surface area contributed by atoms with Crippen LogP contribution in [0.25, 0.3) is 17.0 Å². The Morgan fingerprint density at radius 3 is 2.61 bits per heavy atom. The third-order valence-electron chi connectivity index (χ3n) is 3.80. The van der Waals surface area contributed by atoms with Crippen molar-refractivity contribution in [2.24, 2.45) is 0 Å². The number of benzene rings is 2. The third kappa shape index (κ3) is 4.86. The molecule has 2 amide bonds. The maximum atomic E-state index is 12.3. The van der Waals surface area contributed by atoms with E-state index in [0.717, 1.165) is 14.9 Å². The second-order valence-corrected chi connectivity index (χ2v) is 7.03. The molecule has 0 unspecified atom stereocenters. The molecule has 3 aromatic rings. The van der Waals surface area contributed by atoms with Gasteiger partial charge in [-0.3, -0.25) is 14.9 Å². The Labute approximate surface area is 174 Å². The number of fused-ring (bicyclic) bond motifs is 1. The largest absolute Gasteiger partial charge is 0.494 e. The van der Waals surface area contributed by atoms with Gasteiger partial charge < -0.3 is 9.15 Å². The van der Waals surface area contributed by atoms with E-state index in [9.17, 15) is 14.4 Å². The number of carbonyl (C=O) groups excluding carboxylic acids is 2. The van der Waals surface area contributed by atoms with Gasteiger partial charge in [0, 0.05) is 15.0 Å². The molecule has 0 aliphatic heterocycles. The summed E-state index contributed by atoms with van der Waals surface area (Å²) in [6.07, 6.45) is 2.78. The molecule has 0 saturated heterocycles. The van der Waals surface area contributed by atoms with E-state index >= 15 is 0 Å². The van der Waals surface area contributed by atoms with Gasteiger partial charge in [-0.05, 0) is 71.5 Å². The first-order valence-corrected chi connectivity index (χ1v) is 9.54. The lowest BCUT2D eigenvalue weighted by atomic mass is 10.1. The van der Waals surface area contributed by atoms with Crippen molar-refractivity contribution in [3.63, 3.8) is 0 Å². The van der Waals surface area contributed by atoms with Crippen LogP contribution in [0.5, 0.6) is 5.75 Å². The van der Waals surface area contributed by atoms with Crippen molar-refractivity contribution in [2.75, 3.05) is 6.61 Å². The van der Waals surface area contributed by atoms with Gasteiger partial charge in [0.15, 0.2) is 0 Å². The van der Waals surface area contributed by atoms with Gasteiger partial charge >= 0.3 is 5.63 Å². The van der Waals surface area contributed by atoms with Gasteiger partial charge in [0.05, 0.1) is 6.61 Å². The van der Waals surface area contributed by atoms with Crippen molar-refractivity contribution < 1.29 is 18.7 Å². The van der Waals surface area contributed by atoms with E-state index in [2.05, 4.69) is 27.9 Å². The van der Waals surface area contributed by atoms with Gasteiger partial charge in [-0.15, -0.1) is 0 Å². The Balaban J connectivity index is 1.71. The highest BCUT2D eigenvalue weighted by atomic mass is 127. The summed E-state index contributed by atoms with van der Waals surface area (Å²) in [4.78, 5) is 36.3. The second-order valence-electron chi connectivity index (χ2n) is 5.78. The monoisotopic (exact) mass is 489 g/mol. The lowest BCUT2D eigenvalue weighted by molar-refractivity contribution is -0.115. The van der Waals surface area contributed by atoms with Crippen LogP contribution in [-0.4, -0.2) is 18.4 Å². The lowest BCUT2D eigenvalue weighted by Crippen LogP contribution is -2.32. The van der Waals surface area contributed by atoms with Gasteiger partial charge in [-0.2, -0.15) is 0 Å². The molecule has 0 spiro atoms. The van der Waals surface area contributed by atoms with Crippen LogP contribution >= 0.6 is 22.6 Å². The Hall–Kier alpha value is -2.94. The highest BCUT2D eigenvalue weighted by molar-refractivity contribution is 14.1. The lowest BCUT2D eigenvalue weighted by Gasteiger charge is -2.03. The molecule has 3 rings (SSSR count). The summed E-state index contributed by atoms with van der Waals surface area (Å²) in [5, 5.41) is 2.76. The van der Waals surface area contributed by atoms with E-state index in [1.54, 1.807) is 42.5 Å². The minimum atomic E-state index is -0.810. The quantitative estimate of drug-likeness (QED) is 0.335. The molecule has 0 radical (unpaired) electrons. The van der Waals surface area contributed by atoms with Gasteiger partial charge in [0.2, 0.25) is 0 Å². The number of hydrogen-bond donors (Lipinski definition) is 1. The van der Waals surface area contributed by atoms with E-state index in [1.807, 2.05) is 13.0 Å². The SMILES string of the molecule is CCOc1ccc(/C=C/C(=O)NC(=O)c2cc3ccc(I)cc3oc2=O)cc1. The highest BCUT2D eigenvalue weighted by Crippen LogP contribution is 2.17. The molecule has 28 heavy (non-hydrogen) atoms. The summed E-state index contributed by atoms with van der Waals surface area (Å²) in [6.45, 7) is 2.47. The highest BCUT2D eigenvalue weighted by Gasteiger charge is 2.15. The predicted molar refractivity (Wildman–Crippen MR) is 114 cm³/mol. The van der Waals surface area contributed by atoms with Crippen LogP contribution in [-0.2, 0) is 4.79 Å². The fourth-order valence-electron chi connectivity index (χ4n) is 2.48. The fraction of sp³-hybridized carbons (Fsp3) is 0.0952. The number of halogens is 1. The number of rotatable bonds is 5. The van der Waals surface area contributed by atoms with Gasteiger partial charge in [-0.25, -0.2) is 4.79 Å². The Morgan fingerprint density at radius 2 is 1.89 bits per heavy atom. The number of carbonyl (C=O) groups is 2. The van der Waals surface area contributed by atoms with Crippen molar-refractivity contribution >= 4 is 51.5 Å². The van der Waals surface area contributed by atoms with E-state index in [-0.39, 0.29) is 5.56 Å². The summed E-state index contributed by atoms with van der Waals surface area (Å²) in [7, 11) is 0. The zero-order chi connectivity index (χ0) is 20.1. The summed E-state index contributed by atoms with van der Waals surface area (Å²) in [5.41, 5.74) is 0.132. The molecule has 0 fully saturated rings. The molecular weight excluding hydrogens is 473 g/mol. The first-order chi connectivity index (χ1) is 13.5. The van der Waals surface area contributed by atoms with Crippen LogP contribution in [0.15, 0.2) is 63.8 Å².